The van der Waals surface area contributed by atoms with Gasteiger partial charge in [0.05, 0.1) is 18.6 Å². The molecule has 0 fully saturated rings. The monoisotopic (exact) mass is 442 g/mol. The lowest BCUT2D eigenvalue weighted by Crippen LogP contribution is -2.41. The van der Waals surface area contributed by atoms with Crippen LogP contribution in [0.1, 0.15) is 6.92 Å². The summed E-state index contributed by atoms with van der Waals surface area (Å²) in [5.74, 6) is 0.692. The summed E-state index contributed by atoms with van der Waals surface area (Å²) in [6.45, 7) is 2.31. The van der Waals surface area contributed by atoms with Crippen molar-refractivity contribution in [3.63, 3.8) is 0 Å². The van der Waals surface area contributed by atoms with Crippen molar-refractivity contribution in [1.82, 2.24) is 5.32 Å². The van der Waals surface area contributed by atoms with E-state index in [-0.39, 0.29) is 12.5 Å². The van der Waals surface area contributed by atoms with Gasteiger partial charge in [-0.05, 0) is 43.3 Å². The van der Waals surface area contributed by atoms with E-state index >= 15 is 0 Å². The second-order valence-electron chi connectivity index (χ2n) is 5.82. The maximum atomic E-state index is 12.3. The number of carbonyl (C=O) groups is 1. The summed E-state index contributed by atoms with van der Waals surface area (Å²) in [4.78, 5) is 13.4. The number of hydrogen-bond donors (Lipinski definition) is 1. The van der Waals surface area contributed by atoms with Gasteiger partial charge in [-0.1, -0.05) is 23.7 Å². The van der Waals surface area contributed by atoms with Crippen molar-refractivity contribution in [2.45, 2.75) is 11.8 Å². The number of thioether (sulfide) groups is 1. The van der Waals surface area contributed by atoms with Gasteiger partial charge in [0.15, 0.2) is 0 Å². The highest BCUT2D eigenvalue weighted by Gasteiger charge is 2.23. The molecule has 2 aromatic carbocycles. The van der Waals surface area contributed by atoms with E-state index in [2.05, 4.69) is 5.32 Å². The van der Waals surface area contributed by atoms with Gasteiger partial charge in [-0.25, -0.2) is 8.42 Å². The number of carbonyl (C=O) groups excluding carboxylic acids is 1. The Morgan fingerprint density at radius 2 is 1.86 bits per heavy atom. The predicted molar refractivity (Wildman–Crippen MR) is 115 cm³/mol. The van der Waals surface area contributed by atoms with Gasteiger partial charge in [0.1, 0.15) is 12.3 Å². The zero-order chi connectivity index (χ0) is 20.6. The molecule has 0 aliphatic heterocycles. The molecule has 0 saturated carbocycles. The fraction of sp³-hybridized carbons (Fsp3) is 0.316. The van der Waals surface area contributed by atoms with Crippen LogP contribution in [0.3, 0.4) is 0 Å². The van der Waals surface area contributed by atoms with Crippen molar-refractivity contribution in [1.29, 1.82) is 0 Å². The molecule has 1 amide bonds. The fourth-order valence-corrected chi connectivity index (χ4v) is 4.15. The topological polar surface area (TPSA) is 75.7 Å². The summed E-state index contributed by atoms with van der Waals surface area (Å²) >= 11 is 7.43. The van der Waals surface area contributed by atoms with Gasteiger partial charge in [-0.15, -0.1) is 11.8 Å². The highest BCUT2D eigenvalue weighted by molar-refractivity contribution is 7.99. The lowest BCUT2D eigenvalue weighted by atomic mass is 10.3. The number of sulfonamides is 1. The molecule has 2 rings (SSSR count). The molecule has 0 aliphatic rings. The van der Waals surface area contributed by atoms with E-state index in [1.807, 2.05) is 31.2 Å². The molecule has 28 heavy (non-hydrogen) atoms. The first-order valence-corrected chi connectivity index (χ1v) is 11.9. The Hall–Kier alpha value is -1.90. The number of halogens is 1. The molecule has 0 heterocycles. The van der Waals surface area contributed by atoms with Crippen LogP contribution in [-0.4, -0.2) is 46.0 Å². The molecular formula is C19H23ClN2O4S2. The minimum Gasteiger partial charge on any atom is -0.492 e. The third-order valence-electron chi connectivity index (χ3n) is 3.63. The van der Waals surface area contributed by atoms with Gasteiger partial charge in [-0.2, -0.15) is 0 Å². The van der Waals surface area contributed by atoms with E-state index in [0.29, 0.717) is 35.4 Å². The van der Waals surface area contributed by atoms with E-state index < -0.39 is 10.0 Å². The molecule has 0 aliphatic carbocycles. The summed E-state index contributed by atoms with van der Waals surface area (Å²) in [6.07, 6.45) is 1.07. The maximum absolute atomic E-state index is 12.3. The Labute approximate surface area is 175 Å². The van der Waals surface area contributed by atoms with Crippen LogP contribution in [0.4, 0.5) is 5.69 Å². The number of ether oxygens (including phenoxy) is 1. The normalized spacial score (nSPS) is 11.1. The van der Waals surface area contributed by atoms with Crippen LogP contribution < -0.4 is 14.4 Å². The van der Waals surface area contributed by atoms with E-state index in [9.17, 15) is 13.2 Å². The van der Waals surface area contributed by atoms with Gasteiger partial charge in [0.2, 0.25) is 15.9 Å². The molecule has 0 spiro atoms. The predicted octanol–water partition coefficient (Wildman–Crippen LogP) is 3.41. The zero-order valence-corrected chi connectivity index (χ0v) is 18.1. The van der Waals surface area contributed by atoms with E-state index in [1.165, 1.54) is 0 Å². The molecule has 0 unspecified atom stereocenters. The third kappa shape index (κ3) is 6.92. The highest BCUT2D eigenvalue weighted by Crippen LogP contribution is 2.29. The van der Waals surface area contributed by atoms with Crippen molar-refractivity contribution in [3.8, 4) is 5.75 Å². The first kappa shape index (κ1) is 22.4. The minimum atomic E-state index is -3.66. The summed E-state index contributed by atoms with van der Waals surface area (Å²) in [7, 11) is -3.66. The van der Waals surface area contributed by atoms with Crippen LogP contribution in [-0.2, 0) is 14.8 Å². The number of anilines is 1. The second kappa shape index (κ2) is 10.6. The minimum absolute atomic E-state index is 0.311. The summed E-state index contributed by atoms with van der Waals surface area (Å²) in [5.41, 5.74) is 0.345. The first-order chi connectivity index (χ1) is 13.3. The Kier molecular flexibility index (Phi) is 8.47. The SMILES string of the molecule is CCOc1ccccc1N(CC(=O)NCCSc1ccc(Cl)cc1)S(C)(=O)=O. The van der Waals surface area contributed by atoms with Gasteiger partial charge < -0.3 is 10.1 Å². The molecule has 0 bridgehead atoms. The average molecular weight is 443 g/mol. The molecule has 0 atom stereocenters. The number of benzene rings is 2. The van der Waals surface area contributed by atoms with Gasteiger partial charge >= 0.3 is 0 Å². The van der Waals surface area contributed by atoms with Crippen molar-refractivity contribution < 1.29 is 17.9 Å². The van der Waals surface area contributed by atoms with Crippen LogP contribution in [0.2, 0.25) is 5.02 Å². The molecule has 0 saturated heterocycles. The van der Waals surface area contributed by atoms with Crippen molar-refractivity contribution in [2.24, 2.45) is 0 Å². The number of para-hydroxylation sites is 2. The Bertz CT molecular complexity index is 889. The smallest absolute Gasteiger partial charge is 0.240 e. The number of nitrogens with one attached hydrogen (secondary N) is 1. The lowest BCUT2D eigenvalue weighted by Gasteiger charge is -2.24. The number of hydrogen-bond acceptors (Lipinski definition) is 5. The van der Waals surface area contributed by atoms with Gasteiger partial charge in [0, 0.05) is 22.2 Å². The third-order valence-corrected chi connectivity index (χ3v) is 6.02. The van der Waals surface area contributed by atoms with Crippen LogP contribution >= 0.6 is 23.4 Å². The quantitative estimate of drug-likeness (QED) is 0.450. The van der Waals surface area contributed by atoms with E-state index in [4.69, 9.17) is 16.3 Å². The molecule has 0 aromatic heterocycles. The highest BCUT2D eigenvalue weighted by atomic mass is 35.5. The van der Waals surface area contributed by atoms with Crippen molar-refractivity contribution >= 4 is 45.0 Å². The average Bonchev–Trinajstić information content (AvgIpc) is 2.65. The van der Waals surface area contributed by atoms with Crippen LogP contribution in [0.5, 0.6) is 5.75 Å². The Morgan fingerprint density at radius 3 is 2.50 bits per heavy atom. The molecule has 6 nitrogen and oxygen atoms in total. The summed E-state index contributed by atoms with van der Waals surface area (Å²) in [5, 5.41) is 3.43. The molecule has 1 N–H and O–H groups in total. The Balaban J connectivity index is 1.95. The van der Waals surface area contributed by atoms with E-state index in [1.54, 1.807) is 36.0 Å². The molecule has 9 heteroatoms. The summed E-state index contributed by atoms with van der Waals surface area (Å²) in [6, 6.07) is 14.2. The van der Waals surface area contributed by atoms with Crippen LogP contribution in [0.15, 0.2) is 53.4 Å². The summed E-state index contributed by atoms with van der Waals surface area (Å²) < 4.78 is 31.0. The number of amides is 1. The number of nitrogens with zero attached hydrogens (tertiary/aromatic N) is 1. The van der Waals surface area contributed by atoms with Crippen molar-refractivity contribution in [2.75, 3.05) is 36.0 Å². The number of rotatable bonds is 10. The standard InChI is InChI=1S/C19H23ClN2O4S2/c1-3-26-18-7-5-4-6-17(18)22(28(2,24)25)14-19(23)21-12-13-27-16-10-8-15(20)9-11-16/h4-11H,3,12-14H2,1-2H3,(H,21,23). The molecule has 2 aromatic rings. The Morgan fingerprint density at radius 1 is 1.18 bits per heavy atom. The molecule has 152 valence electrons. The van der Waals surface area contributed by atoms with Gasteiger partial charge in [-0.3, -0.25) is 9.10 Å². The van der Waals surface area contributed by atoms with E-state index in [0.717, 1.165) is 15.5 Å². The molecule has 0 radical (unpaired) electrons. The molecular weight excluding hydrogens is 420 g/mol. The lowest BCUT2D eigenvalue weighted by molar-refractivity contribution is -0.119. The van der Waals surface area contributed by atoms with Crippen LogP contribution in [0, 0.1) is 0 Å². The van der Waals surface area contributed by atoms with Crippen LogP contribution in [0.25, 0.3) is 0 Å². The van der Waals surface area contributed by atoms with Crippen molar-refractivity contribution in [3.05, 3.63) is 53.6 Å². The largest absolute Gasteiger partial charge is 0.492 e. The fourth-order valence-electron chi connectivity index (χ4n) is 2.40. The second-order valence-corrected chi connectivity index (χ2v) is 9.33. The maximum Gasteiger partial charge on any atom is 0.240 e. The van der Waals surface area contributed by atoms with Gasteiger partial charge in [0.25, 0.3) is 0 Å². The zero-order valence-electron chi connectivity index (χ0n) is 15.7. The first-order valence-electron chi connectivity index (χ1n) is 8.66.